The summed E-state index contributed by atoms with van der Waals surface area (Å²) in [6.45, 7) is 6.78. The van der Waals surface area contributed by atoms with Gasteiger partial charge in [-0.25, -0.2) is 4.98 Å². The number of hydrogen-bond donors (Lipinski definition) is 0. The third kappa shape index (κ3) is 5.73. The fraction of sp³-hybridized carbons (Fsp3) is 0.526. The number of likely N-dealkylation sites (N-methyl/N-ethyl adjacent to an activating group) is 1. The van der Waals surface area contributed by atoms with Crippen molar-refractivity contribution in [3.8, 4) is 5.75 Å². The van der Waals surface area contributed by atoms with E-state index < -0.39 is 0 Å². The number of ether oxygens (including phenoxy) is 1. The largest absolute Gasteiger partial charge is 0.496 e. The first-order chi connectivity index (χ1) is 11.7. The van der Waals surface area contributed by atoms with Crippen LogP contribution in [0.3, 0.4) is 0 Å². The summed E-state index contributed by atoms with van der Waals surface area (Å²) in [4.78, 5) is 9.10. The first-order valence-corrected chi connectivity index (χ1v) is 8.77. The fourth-order valence-corrected chi connectivity index (χ4v) is 3.27. The normalized spacial score (nSPS) is 15.8. The smallest absolute Gasteiger partial charge is 0.123 e. The molecule has 0 radical (unpaired) electrons. The summed E-state index contributed by atoms with van der Waals surface area (Å²) in [5.41, 5.74) is 2.60. The van der Waals surface area contributed by atoms with E-state index in [2.05, 4.69) is 44.6 Å². The van der Waals surface area contributed by atoms with Gasteiger partial charge in [0.25, 0.3) is 0 Å². The van der Waals surface area contributed by atoms with E-state index in [-0.39, 0.29) is 12.4 Å². The van der Waals surface area contributed by atoms with Crippen LogP contribution in [0.2, 0.25) is 0 Å². The molecule has 2 heterocycles. The van der Waals surface area contributed by atoms with E-state index in [1.54, 1.807) is 7.11 Å². The average Bonchev–Trinajstić information content (AvgIpc) is 3.10. The molecule has 2 aromatic rings. The summed E-state index contributed by atoms with van der Waals surface area (Å²) in [7, 11) is 3.94. The van der Waals surface area contributed by atoms with Gasteiger partial charge >= 0.3 is 0 Å². The number of hydrogen-bond acceptors (Lipinski definition) is 4. The molecule has 5 nitrogen and oxygen atoms in total. The van der Waals surface area contributed by atoms with Crippen molar-refractivity contribution in [1.82, 2.24) is 19.4 Å². The third-order valence-corrected chi connectivity index (χ3v) is 4.79. The van der Waals surface area contributed by atoms with Gasteiger partial charge in [-0.2, -0.15) is 0 Å². The quantitative estimate of drug-likeness (QED) is 0.756. The second-order valence-electron chi connectivity index (χ2n) is 6.63. The van der Waals surface area contributed by atoms with Gasteiger partial charge in [-0.05, 0) is 38.1 Å². The summed E-state index contributed by atoms with van der Waals surface area (Å²) >= 11 is 0. The van der Waals surface area contributed by atoms with Gasteiger partial charge in [-0.1, -0.05) is 12.1 Å². The minimum atomic E-state index is 0. The number of aryl methyl sites for hydroxylation is 1. The fourth-order valence-electron chi connectivity index (χ4n) is 3.27. The number of imidazole rings is 1. The van der Waals surface area contributed by atoms with Crippen molar-refractivity contribution in [2.75, 3.05) is 46.9 Å². The zero-order chi connectivity index (χ0) is 16.8. The Bertz CT molecular complexity index is 624. The molecule has 138 valence electrons. The predicted molar refractivity (Wildman–Crippen MR) is 104 cm³/mol. The second kappa shape index (κ2) is 9.80. The van der Waals surface area contributed by atoms with Gasteiger partial charge in [0.2, 0.25) is 0 Å². The number of aromatic nitrogens is 2. The van der Waals surface area contributed by atoms with Crippen LogP contribution in [0.5, 0.6) is 5.75 Å². The lowest BCUT2D eigenvalue weighted by molar-refractivity contribution is 0.153. The molecule has 0 aliphatic carbocycles. The van der Waals surface area contributed by atoms with Crippen LogP contribution < -0.4 is 4.74 Å². The Morgan fingerprint density at radius 3 is 2.64 bits per heavy atom. The van der Waals surface area contributed by atoms with Crippen LogP contribution in [0.25, 0.3) is 0 Å². The molecule has 1 saturated heterocycles. The molecule has 1 aromatic carbocycles. The van der Waals surface area contributed by atoms with E-state index in [9.17, 15) is 0 Å². The van der Waals surface area contributed by atoms with Gasteiger partial charge in [0.15, 0.2) is 0 Å². The number of halogens is 1. The van der Waals surface area contributed by atoms with E-state index in [1.165, 1.54) is 50.3 Å². The van der Waals surface area contributed by atoms with E-state index >= 15 is 0 Å². The number of nitrogens with zero attached hydrogens (tertiary/aromatic N) is 4. The Kier molecular flexibility index (Phi) is 7.75. The molecule has 0 bridgehead atoms. The first-order valence-electron chi connectivity index (χ1n) is 8.77. The SMILES string of the molecule is COc1ccc(CCCN2CCN(C)CC2)cc1Cn1ccnc1.Cl. The van der Waals surface area contributed by atoms with Gasteiger partial charge in [0.05, 0.1) is 20.0 Å². The molecular formula is C19H29ClN4O. The minimum Gasteiger partial charge on any atom is -0.496 e. The Labute approximate surface area is 157 Å². The summed E-state index contributed by atoms with van der Waals surface area (Å²) in [5.74, 6) is 0.950. The maximum Gasteiger partial charge on any atom is 0.123 e. The van der Waals surface area contributed by atoms with Gasteiger partial charge < -0.3 is 19.1 Å². The molecule has 0 N–H and O–H groups in total. The molecule has 0 amide bonds. The molecule has 1 aliphatic heterocycles. The number of methoxy groups -OCH3 is 1. The first kappa shape index (κ1) is 19.8. The van der Waals surface area contributed by atoms with E-state index in [0.717, 1.165) is 18.7 Å². The Hall–Kier alpha value is -1.56. The minimum absolute atomic E-state index is 0. The molecule has 1 aromatic heterocycles. The molecule has 6 heteroatoms. The molecule has 0 unspecified atom stereocenters. The van der Waals surface area contributed by atoms with Crippen LogP contribution >= 0.6 is 12.4 Å². The van der Waals surface area contributed by atoms with Crippen molar-refractivity contribution >= 4 is 12.4 Å². The lowest BCUT2D eigenvalue weighted by Crippen LogP contribution is -2.44. The molecule has 1 aliphatic rings. The van der Waals surface area contributed by atoms with E-state index in [0.29, 0.717) is 0 Å². The van der Waals surface area contributed by atoms with Gasteiger partial charge in [0.1, 0.15) is 5.75 Å². The number of benzene rings is 1. The zero-order valence-electron chi connectivity index (χ0n) is 15.2. The maximum atomic E-state index is 5.51. The second-order valence-corrected chi connectivity index (χ2v) is 6.63. The van der Waals surface area contributed by atoms with Crippen molar-refractivity contribution < 1.29 is 4.74 Å². The Balaban J connectivity index is 0.00000225. The molecule has 0 spiro atoms. The highest BCUT2D eigenvalue weighted by atomic mass is 35.5. The van der Waals surface area contributed by atoms with Crippen LogP contribution in [0, 0.1) is 0 Å². The Morgan fingerprint density at radius 2 is 1.96 bits per heavy atom. The summed E-state index contributed by atoms with van der Waals surface area (Å²) < 4.78 is 7.59. The van der Waals surface area contributed by atoms with Crippen LogP contribution in [0.15, 0.2) is 36.9 Å². The summed E-state index contributed by atoms with van der Waals surface area (Å²) in [6, 6.07) is 6.57. The summed E-state index contributed by atoms with van der Waals surface area (Å²) in [6.07, 6.45) is 7.97. The van der Waals surface area contributed by atoms with E-state index in [1.807, 2.05) is 18.7 Å². The third-order valence-electron chi connectivity index (χ3n) is 4.79. The highest BCUT2D eigenvalue weighted by Crippen LogP contribution is 2.22. The highest BCUT2D eigenvalue weighted by Gasteiger charge is 2.13. The van der Waals surface area contributed by atoms with Gasteiger partial charge in [0, 0.05) is 44.1 Å². The van der Waals surface area contributed by atoms with Gasteiger partial charge in [-0.3, -0.25) is 0 Å². The molecule has 1 fully saturated rings. The predicted octanol–water partition coefficient (Wildman–Crippen LogP) is 2.54. The lowest BCUT2D eigenvalue weighted by atomic mass is 10.0. The van der Waals surface area contributed by atoms with Crippen LogP contribution in [0.4, 0.5) is 0 Å². The topological polar surface area (TPSA) is 33.5 Å². The monoisotopic (exact) mass is 364 g/mol. The van der Waals surface area contributed by atoms with Crippen LogP contribution in [-0.2, 0) is 13.0 Å². The number of piperazine rings is 1. The summed E-state index contributed by atoms with van der Waals surface area (Å²) in [5, 5.41) is 0. The standard InChI is InChI=1S/C19H28N4O.ClH/c1-21-10-12-22(13-11-21)8-3-4-17-5-6-19(24-2)18(14-17)15-23-9-7-20-16-23;/h5-7,9,14,16H,3-4,8,10-13,15H2,1-2H3;1H. The van der Waals surface area contributed by atoms with Crippen molar-refractivity contribution in [2.24, 2.45) is 0 Å². The van der Waals surface area contributed by atoms with Crippen LogP contribution in [-0.4, -0.2) is 66.2 Å². The molecular weight excluding hydrogens is 336 g/mol. The van der Waals surface area contributed by atoms with Crippen molar-refractivity contribution in [1.29, 1.82) is 0 Å². The lowest BCUT2D eigenvalue weighted by Gasteiger charge is -2.32. The van der Waals surface area contributed by atoms with Crippen molar-refractivity contribution in [3.63, 3.8) is 0 Å². The Morgan fingerprint density at radius 1 is 1.16 bits per heavy atom. The maximum absolute atomic E-state index is 5.51. The van der Waals surface area contributed by atoms with Gasteiger partial charge in [-0.15, -0.1) is 12.4 Å². The molecule has 3 rings (SSSR count). The average molecular weight is 365 g/mol. The van der Waals surface area contributed by atoms with Crippen molar-refractivity contribution in [3.05, 3.63) is 48.0 Å². The van der Waals surface area contributed by atoms with Crippen LogP contribution in [0.1, 0.15) is 17.5 Å². The molecule has 25 heavy (non-hydrogen) atoms. The van der Waals surface area contributed by atoms with Crippen molar-refractivity contribution in [2.45, 2.75) is 19.4 Å². The molecule has 0 saturated carbocycles. The van der Waals surface area contributed by atoms with E-state index in [4.69, 9.17) is 4.74 Å². The number of rotatable bonds is 7. The molecule has 0 atom stereocenters. The highest BCUT2D eigenvalue weighted by molar-refractivity contribution is 5.85. The zero-order valence-corrected chi connectivity index (χ0v) is 16.0.